The maximum atomic E-state index is 5.22. The van der Waals surface area contributed by atoms with E-state index in [1.54, 1.807) is 13.4 Å². The molecule has 0 spiro atoms. The number of methoxy groups -OCH3 is 1. The SMILES string of the molecule is COCCn1ccnc1CN1CCc2[nH]cnc2[C@H]1c1cnn(C)c1C. The van der Waals surface area contributed by atoms with Crippen LogP contribution in [-0.2, 0) is 31.3 Å². The van der Waals surface area contributed by atoms with Gasteiger partial charge >= 0.3 is 0 Å². The molecule has 1 aliphatic heterocycles. The molecule has 0 bridgehead atoms. The summed E-state index contributed by atoms with van der Waals surface area (Å²) in [6, 6.07) is 0.0891. The van der Waals surface area contributed by atoms with Crippen molar-refractivity contribution < 1.29 is 4.74 Å². The monoisotopic (exact) mass is 355 g/mol. The number of aromatic amines is 1. The van der Waals surface area contributed by atoms with E-state index in [9.17, 15) is 0 Å². The number of hydrogen-bond donors (Lipinski definition) is 1. The van der Waals surface area contributed by atoms with Crippen molar-refractivity contribution in [2.24, 2.45) is 7.05 Å². The van der Waals surface area contributed by atoms with E-state index in [1.165, 1.54) is 17.0 Å². The minimum absolute atomic E-state index is 0.0891. The van der Waals surface area contributed by atoms with Gasteiger partial charge in [-0.15, -0.1) is 0 Å². The van der Waals surface area contributed by atoms with Gasteiger partial charge in [0.2, 0.25) is 0 Å². The summed E-state index contributed by atoms with van der Waals surface area (Å²) in [5.74, 6) is 1.05. The van der Waals surface area contributed by atoms with Crippen LogP contribution in [-0.4, -0.2) is 54.5 Å². The second kappa shape index (κ2) is 7.05. The summed E-state index contributed by atoms with van der Waals surface area (Å²) in [6.45, 7) is 5.32. The molecular weight excluding hydrogens is 330 g/mol. The third-order valence-corrected chi connectivity index (χ3v) is 5.28. The maximum Gasteiger partial charge on any atom is 0.122 e. The number of aryl methyl sites for hydroxylation is 1. The number of aromatic nitrogens is 6. The van der Waals surface area contributed by atoms with E-state index in [1.807, 2.05) is 30.3 Å². The van der Waals surface area contributed by atoms with Crippen LogP contribution in [0.3, 0.4) is 0 Å². The molecule has 0 radical (unpaired) electrons. The number of imidazole rings is 2. The maximum absolute atomic E-state index is 5.22. The summed E-state index contributed by atoms with van der Waals surface area (Å²) < 4.78 is 9.31. The van der Waals surface area contributed by atoms with Gasteiger partial charge in [0.05, 0.1) is 37.4 Å². The van der Waals surface area contributed by atoms with Crippen molar-refractivity contribution in [3.63, 3.8) is 0 Å². The van der Waals surface area contributed by atoms with Gasteiger partial charge in [0, 0.05) is 63.0 Å². The van der Waals surface area contributed by atoms with Gasteiger partial charge < -0.3 is 14.3 Å². The second-order valence-electron chi connectivity index (χ2n) is 6.73. The molecule has 0 amide bonds. The minimum atomic E-state index is 0.0891. The lowest BCUT2D eigenvalue weighted by Crippen LogP contribution is -2.37. The average Bonchev–Trinajstić information content (AvgIpc) is 3.36. The molecule has 138 valence electrons. The topological polar surface area (TPSA) is 76.8 Å². The fourth-order valence-electron chi connectivity index (χ4n) is 3.69. The van der Waals surface area contributed by atoms with Crippen LogP contribution in [0.5, 0.6) is 0 Å². The van der Waals surface area contributed by atoms with Gasteiger partial charge in [-0.2, -0.15) is 5.10 Å². The average molecular weight is 355 g/mol. The lowest BCUT2D eigenvalue weighted by atomic mass is 9.96. The van der Waals surface area contributed by atoms with Crippen molar-refractivity contribution >= 4 is 0 Å². The Bertz CT molecular complexity index is 878. The van der Waals surface area contributed by atoms with E-state index in [4.69, 9.17) is 4.74 Å². The zero-order valence-corrected chi connectivity index (χ0v) is 15.5. The van der Waals surface area contributed by atoms with Crippen molar-refractivity contribution in [3.8, 4) is 0 Å². The fraction of sp³-hybridized carbons (Fsp3) is 0.500. The molecule has 0 fully saturated rings. The normalized spacial score (nSPS) is 17.6. The van der Waals surface area contributed by atoms with Crippen molar-refractivity contribution in [2.45, 2.75) is 32.5 Å². The van der Waals surface area contributed by atoms with Gasteiger partial charge in [-0.25, -0.2) is 9.97 Å². The van der Waals surface area contributed by atoms with E-state index in [-0.39, 0.29) is 6.04 Å². The summed E-state index contributed by atoms with van der Waals surface area (Å²) in [5, 5.41) is 4.45. The molecule has 4 heterocycles. The van der Waals surface area contributed by atoms with E-state index in [2.05, 4.69) is 36.4 Å². The standard InChI is InChI=1S/C18H25N7O/c1-13-14(10-22-23(13)2)18-17-15(20-12-21-17)4-6-25(18)11-16-19-5-7-24(16)8-9-26-3/h5,7,10,12,18H,4,6,8-9,11H2,1-3H3,(H,20,21)/t18-/m1/s1. The molecule has 0 aromatic carbocycles. The minimum Gasteiger partial charge on any atom is -0.383 e. The molecule has 0 saturated carbocycles. The Hall–Kier alpha value is -2.45. The van der Waals surface area contributed by atoms with E-state index in [0.717, 1.165) is 37.6 Å². The van der Waals surface area contributed by atoms with Gasteiger partial charge in [0.1, 0.15) is 5.82 Å². The third kappa shape index (κ3) is 2.95. The first-order valence-electron chi connectivity index (χ1n) is 8.92. The molecule has 3 aromatic heterocycles. The lowest BCUT2D eigenvalue weighted by molar-refractivity contribution is 0.175. The molecule has 0 aliphatic carbocycles. The van der Waals surface area contributed by atoms with Gasteiger partial charge in [0.25, 0.3) is 0 Å². The second-order valence-corrected chi connectivity index (χ2v) is 6.73. The Labute approximate surface area is 152 Å². The van der Waals surface area contributed by atoms with Crippen LogP contribution in [0.1, 0.15) is 34.5 Å². The van der Waals surface area contributed by atoms with Crippen LogP contribution in [0.2, 0.25) is 0 Å². The number of H-pyrrole nitrogens is 1. The molecule has 26 heavy (non-hydrogen) atoms. The summed E-state index contributed by atoms with van der Waals surface area (Å²) in [5.41, 5.74) is 4.69. The van der Waals surface area contributed by atoms with E-state index in [0.29, 0.717) is 6.61 Å². The van der Waals surface area contributed by atoms with Crippen LogP contribution in [0.4, 0.5) is 0 Å². The van der Waals surface area contributed by atoms with Crippen LogP contribution in [0.15, 0.2) is 24.9 Å². The molecule has 3 aromatic rings. The number of fused-ring (bicyclic) bond motifs is 1. The van der Waals surface area contributed by atoms with Crippen molar-refractivity contribution in [1.29, 1.82) is 0 Å². The van der Waals surface area contributed by atoms with Gasteiger partial charge in [-0.05, 0) is 6.92 Å². The largest absolute Gasteiger partial charge is 0.383 e. The number of nitrogens with one attached hydrogen (secondary N) is 1. The highest BCUT2D eigenvalue weighted by atomic mass is 16.5. The summed E-state index contributed by atoms with van der Waals surface area (Å²) in [7, 11) is 3.70. The zero-order chi connectivity index (χ0) is 18.1. The van der Waals surface area contributed by atoms with Gasteiger partial charge in [0.15, 0.2) is 0 Å². The molecule has 8 heteroatoms. The van der Waals surface area contributed by atoms with Gasteiger partial charge in [-0.1, -0.05) is 0 Å². The molecule has 1 aliphatic rings. The summed E-state index contributed by atoms with van der Waals surface area (Å²) >= 11 is 0. The molecule has 1 atom stereocenters. The van der Waals surface area contributed by atoms with E-state index < -0.39 is 0 Å². The highest BCUT2D eigenvalue weighted by molar-refractivity contribution is 5.33. The molecule has 0 saturated heterocycles. The fourth-order valence-corrected chi connectivity index (χ4v) is 3.69. The van der Waals surface area contributed by atoms with Crippen LogP contribution < -0.4 is 0 Å². The Morgan fingerprint density at radius 1 is 1.35 bits per heavy atom. The van der Waals surface area contributed by atoms with Crippen molar-refractivity contribution in [2.75, 3.05) is 20.3 Å². The summed E-state index contributed by atoms with van der Waals surface area (Å²) in [4.78, 5) is 15.0. The van der Waals surface area contributed by atoms with Crippen molar-refractivity contribution in [1.82, 2.24) is 34.2 Å². The summed E-state index contributed by atoms with van der Waals surface area (Å²) in [6.07, 6.45) is 8.60. The Morgan fingerprint density at radius 3 is 3.00 bits per heavy atom. The lowest BCUT2D eigenvalue weighted by Gasteiger charge is -2.34. The first kappa shape index (κ1) is 17.0. The molecule has 4 rings (SSSR count). The predicted octanol–water partition coefficient (Wildman–Crippen LogP) is 1.44. The van der Waals surface area contributed by atoms with E-state index >= 15 is 0 Å². The molecular formula is C18H25N7O. The molecule has 0 unspecified atom stereocenters. The Kier molecular flexibility index (Phi) is 4.60. The predicted molar refractivity (Wildman–Crippen MR) is 96.6 cm³/mol. The van der Waals surface area contributed by atoms with Crippen LogP contribution >= 0.6 is 0 Å². The third-order valence-electron chi connectivity index (χ3n) is 5.28. The van der Waals surface area contributed by atoms with Crippen LogP contribution in [0, 0.1) is 6.92 Å². The first-order chi connectivity index (χ1) is 12.7. The van der Waals surface area contributed by atoms with Crippen LogP contribution in [0.25, 0.3) is 0 Å². The highest BCUT2D eigenvalue weighted by Gasteiger charge is 2.33. The number of rotatable bonds is 6. The Balaban J connectivity index is 1.67. The smallest absolute Gasteiger partial charge is 0.122 e. The van der Waals surface area contributed by atoms with Crippen molar-refractivity contribution in [3.05, 3.63) is 53.4 Å². The zero-order valence-electron chi connectivity index (χ0n) is 15.5. The molecule has 1 N–H and O–H groups in total. The number of ether oxygens (including phenoxy) is 1. The first-order valence-corrected chi connectivity index (χ1v) is 8.92. The highest BCUT2D eigenvalue weighted by Crippen LogP contribution is 2.35. The quantitative estimate of drug-likeness (QED) is 0.724. The van der Waals surface area contributed by atoms with Gasteiger partial charge in [-0.3, -0.25) is 9.58 Å². The molecule has 8 nitrogen and oxygen atoms in total. The number of hydrogen-bond acceptors (Lipinski definition) is 5. The number of nitrogens with zero attached hydrogens (tertiary/aromatic N) is 6. The Morgan fingerprint density at radius 2 is 2.23 bits per heavy atom.